The molecule has 4 nitrogen and oxygen atoms in total. The van der Waals surface area contributed by atoms with Gasteiger partial charge in [0, 0.05) is 50.5 Å². The van der Waals surface area contributed by atoms with Gasteiger partial charge in [0.15, 0.2) is 0 Å². The molecule has 0 amide bonds. The van der Waals surface area contributed by atoms with Crippen LogP contribution in [-0.2, 0) is 19.5 Å². The third kappa shape index (κ3) is 3.39. The maximum absolute atomic E-state index is 4.40. The highest BCUT2D eigenvalue weighted by molar-refractivity contribution is 5.26. The zero-order valence-corrected chi connectivity index (χ0v) is 13.6. The average molecular weight is 298 g/mol. The highest BCUT2D eigenvalue weighted by atomic mass is 15.3. The number of nitrogens with one attached hydrogen (secondary N) is 1. The fraction of sp³-hybridized carbons (Fsp3) is 0.500. The fourth-order valence-electron chi connectivity index (χ4n) is 3.14. The van der Waals surface area contributed by atoms with Crippen LogP contribution in [-0.4, -0.2) is 34.3 Å². The molecule has 1 fully saturated rings. The summed E-state index contributed by atoms with van der Waals surface area (Å²) in [5.74, 6) is 0. The molecule has 1 N–H and O–H groups in total. The van der Waals surface area contributed by atoms with E-state index in [-0.39, 0.29) is 0 Å². The largest absolute Gasteiger partial charge is 0.314 e. The first kappa shape index (κ1) is 15.3. The van der Waals surface area contributed by atoms with Gasteiger partial charge in [0.25, 0.3) is 0 Å². The predicted molar refractivity (Wildman–Crippen MR) is 89.7 cm³/mol. The molecular weight excluding hydrogens is 272 g/mol. The molecule has 1 aliphatic rings. The van der Waals surface area contributed by atoms with Crippen molar-refractivity contribution in [2.75, 3.05) is 19.6 Å². The van der Waals surface area contributed by atoms with Crippen molar-refractivity contribution in [1.82, 2.24) is 20.0 Å². The normalized spacial score (nSPS) is 19.5. The van der Waals surface area contributed by atoms with Gasteiger partial charge in [-0.3, -0.25) is 9.58 Å². The summed E-state index contributed by atoms with van der Waals surface area (Å²) in [7, 11) is 0. The van der Waals surface area contributed by atoms with Crippen LogP contribution in [0.1, 0.15) is 36.6 Å². The van der Waals surface area contributed by atoms with E-state index >= 15 is 0 Å². The van der Waals surface area contributed by atoms with Crippen molar-refractivity contribution in [3.05, 3.63) is 53.3 Å². The molecule has 2 aromatic rings. The Bertz CT molecular complexity index is 587. The van der Waals surface area contributed by atoms with Gasteiger partial charge >= 0.3 is 0 Å². The summed E-state index contributed by atoms with van der Waals surface area (Å²) in [5.41, 5.74) is 4.12. The first-order valence-electron chi connectivity index (χ1n) is 8.35. The van der Waals surface area contributed by atoms with E-state index in [2.05, 4.69) is 59.6 Å². The van der Waals surface area contributed by atoms with Crippen LogP contribution in [0.15, 0.2) is 36.7 Å². The first-order valence-corrected chi connectivity index (χ1v) is 8.35. The predicted octanol–water partition coefficient (Wildman–Crippen LogP) is 2.61. The molecule has 1 saturated heterocycles. The van der Waals surface area contributed by atoms with Gasteiger partial charge < -0.3 is 5.32 Å². The lowest BCUT2D eigenvalue weighted by Gasteiger charge is -2.36. The number of aryl methyl sites for hydroxylation is 2. The van der Waals surface area contributed by atoms with Gasteiger partial charge in [0.05, 0.1) is 6.20 Å². The minimum atomic E-state index is 0.449. The molecule has 0 bridgehead atoms. The summed E-state index contributed by atoms with van der Waals surface area (Å²) in [4.78, 5) is 2.56. The maximum atomic E-state index is 4.40. The van der Waals surface area contributed by atoms with Crippen molar-refractivity contribution in [1.29, 1.82) is 0 Å². The molecule has 1 unspecified atom stereocenters. The van der Waals surface area contributed by atoms with E-state index in [1.54, 1.807) is 0 Å². The Hall–Kier alpha value is -1.65. The van der Waals surface area contributed by atoms with Crippen LogP contribution < -0.4 is 5.32 Å². The Morgan fingerprint density at radius 3 is 2.68 bits per heavy atom. The van der Waals surface area contributed by atoms with Crippen molar-refractivity contribution in [2.24, 2.45) is 0 Å². The summed E-state index contributed by atoms with van der Waals surface area (Å²) in [5, 5.41) is 7.93. The number of hydrogen-bond acceptors (Lipinski definition) is 3. The van der Waals surface area contributed by atoms with E-state index in [0.29, 0.717) is 6.04 Å². The quantitative estimate of drug-likeness (QED) is 0.921. The van der Waals surface area contributed by atoms with Gasteiger partial charge in [-0.05, 0) is 24.5 Å². The van der Waals surface area contributed by atoms with Gasteiger partial charge in [-0.25, -0.2) is 0 Å². The van der Waals surface area contributed by atoms with Crippen molar-refractivity contribution in [3.63, 3.8) is 0 Å². The molecular formula is C18H26N4. The fourth-order valence-corrected chi connectivity index (χ4v) is 3.14. The van der Waals surface area contributed by atoms with E-state index in [1.165, 1.54) is 16.7 Å². The average Bonchev–Trinajstić information content (AvgIpc) is 3.03. The Kier molecular flexibility index (Phi) is 4.90. The number of rotatable bonds is 5. The summed E-state index contributed by atoms with van der Waals surface area (Å²) in [6, 6.07) is 9.55. The summed E-state index contributed by atoms with van der Waals surface area (Å²) in [6.45, 7) is 9.40. The second kappa shape index (κ2) is 7.07. The lowest BCUT2D eigenvalue weighted by atomic mass is 10.0. The molecule has 1 aromatic heterocycles. The van der Waals surface area contributed by atoms with Crippen LogP contribution in [0.5, 0.6) is 0 Å². The molecule has 22 heavy (non-hydrogen) atoms. The smallest absolute Gasteiger partial charge is 0.0534 e. The van der Waals surface area contributed by atoms with Gasteiger partial charge in [-0.15, -0.1) is 0 Å². The lowest BCUT2D eigenvalue weighted by Crippen LogP contribution is -2.45. The minimum Gasteiger partial charge on any atom is -0.314 e. The van der Waals surface area contributed by atoms with Gasteiger partial charge in [0.2, 0.25) is 0 Å². The van der Waals surface area contributed by atoms with E-state index in [1.807, 2.05) is 10.9 Å². The topological polar surface area (TPSA) is 33.1 Å². The molecule has 1 aromatic carbocycles. The van der Waals surface area contributed by atoms with E-state index in [4.69, 9.17) is 0 Å². The standard InChI is InChI=1S/C18H26N4/c1-3-15-5-7-17(8-6-15)18-12-19-9-10-21(18)13-16-11-20-22(4-2)14-16/h5-8,11,14,18-19H,3-4,9-10,12-13H2,1-2H3. The summed E-state index contributed by atoms with van der Waals surface area (Å²) in [6.07, 6.45) is 5.27. The molecule has 1 aliphatic heterocycles. The van der Waals surface area contributed by atoms with Crippen molar-refractivity contribution in [3.8, 4) is 0 Å². The maximum Gasteiger partial charge on any atom is 0.0534 e. The molecule has 2 heterocycles. The van der Waals surface area contributed by atoms with E-state index in [9.17, 15) is 0 Å². The van der Waals surface area contributed by atoms with Crippen LogP contribution in [0, 0.1) is 0 Å². The minimum absolute atomic E-state index is 0.449. The molecule has 118 valence electrons. The lowest BCUT2D eigenvalue weighted by molar-refractivity contribution is 0.153. The monoisotopic (exact) mass is 298 g/mol. The number of hydrogen-bond donors (Lipinski definition) is 1. The van der Waals surface area contributed by atoms with Crippen molar-refractivity contribution in [2.45, 2.75) is 39.4 Å². The Labute approximate surface area is 133 Å². The zero-order valence-electron chi connectivity index (χ0n) is 13.6. The molecule has 0 saturated carbocycles. The second-order valence-electron chi connectivity index (χ2n) is 5.99. The number of nitrogens with zero attached hydrogens (tertiary/aromatic N) is 3. The third-order valence-corrected chi connectivity index (χ3v) is 4.52. The van der Waals surface area contributed by atoms with E-state index in [0.717, 1.165) is 39.1 Å². The second-order valence-corrected chi connectivity index (χ2v) is 5.99. The van der Waals surface area contributed by atoms with Crippen LogP contribution in [0.2, 0.25) is 0 Å². The summed E-state index contributed by atoms with van der Waals surface area (Å²) < 4.78 is 2.00. The zero-order chi connectivity index (χ0) is 15.4. The molecule has 1 atom stereocenters. The molecule has 0 spiro atoms. The highest BCUT2D eigenvalue weighted by Crippen LogP contribution is 2.24. The van der Waals surface area contributed by atoms with Crippen molar-refractivity contribution >= 4 is 0 Å². The van der Waals surface area contributed by atoms with E-state index < -0.39 is 0 Å². The van der Waals surface area contributed by atoms with Gasteiger partial charge in [-0.1, -0.05) is 31.2 Å². The van der Waals surface area contributed by atoms with Crippen LogP contribution in [0.4, 0.5) is 0 Å². The third-order valence-electron chi connectivity index (χ3n) is 4.52. The summed E-state index contributed by atoms with van der Waals surface area (Å²) >= 11 is 0. The van der Waals surface area contributed by atoms with Crippen molar-refractivity contribution < 1.29 is 0 Å². The van der Waals surface area contributed by atoms with Crippen LogP contribution in [0.3, 0.4) is 0 Å². The molecule has 3 rings (SSSR count). The highest BCUT2D eigenvalue weighted by Gasteiger charge is 2.24. The molecule has 4 heteroatoms. The Morgan fingerprint density at radius 2 is 2.00 bits per heavy atom. The molecule has 0 aliphatic carbocycles. The number of benzene rings is 1. The Balaban J connectivity index is 1.75. The van der Waals surface area contributed by atoms with Gasteiger partial charge in [-0.2, -0.15) is 5.10 Å². The van der Waals surface area contributed by atoms with Crippen LogP contribution >= 0.6 is 0 Å². The first-order chi connectivity index (χ1) is 10.8. The number of piperazine rings is 1. The SMILES string of the molecule is CCc1ccc(C2CNCCN2Cc2cnn(CC)c2)cc1. The number of aromatic nitrogens is 2. The van der Waals surface area contributed by atoms with Gasteiger partial charge in [0.1, 0.15) is 0 Å². The van der Waals surface area contributed by atoms with Crippen LogP contribution in [0.25, 0.3) is 0 Å². The Morgan fingerprint density at radius 1 is 1.18 bits per heavy atom. The molecule has 0 radical (unpaired) electrons.